The van der Waals surface area contributed by atoms with E-state index in [4.69, 9.17) is 20.1 Å². The number of para-hydroxylation sites is 1. The van der Waals surface area contributed by atoms with Crippen LogP contribution in [0, 0.1) is 0 Å². The highest BCUT2D eigenvalue weighted by atomic mass is 16.5. The molecule has 8 nitrogen and oxygen atoms in total. The first kappa shape index (κ1) is 17.6. The minimum Gasteiger partial charge on any atom is -0.497 e. The van der Waals surface area contributed by atoms with Crippen LogP contribution >= 0.6 is 0 Å². The summed E-state index contributed by atoms with van der Waals surface area (Å²) in [7, 11) is 4.83. The van der Waals surface area contributed by atoms with Gasteiger partial charge in [0.1, 0.15) is 22.8 Å². The van der Waals surface area contributed by atoms with Crippen LogP contribution in [0.5, 0.6) is 17.2 Å². The van der Waals surface area contributed by atoms with Crippen LogP contribution in [-0.4, -0.2) is 31.3 Å². The summed E-state index contributed by atoms with van der Waals surface area (Å²) in [6, 6.07) is 11.2. The van der Waals surface area contributed by atoms with Gasteiger partial charge in [0, 0.05) is 23.6 Å². The summed E-state index contributed by atoms with van der Waals surface area (Å²) in [5.74, 6) is 8.64. The average molecular weight is 355 g/mol. The molecular formula is C18H21N5O3. The van der Waals surface area contributed by atoms with Gasteiger partial charge in [0.05, 0.1) is 21.3 Å². The van der Waals surface area contributed by atoms with Crippen LogP contribution in [0.15, 0.2) is 36.4 Å². The Labute approximate surface area is 151 Å². The predicted octanol–water partition coefficient (Wildman–Crippen LogP) is 2.55. The normalized spacial score (nSPS) is 10.5. The molecule has 0 aliphatic rings. The summed E-state index contributed by atoms with van der Waals surface area (Å²) in [5.41, 5.74) is 4.22. The average Bonchev–Trinajstić information content (AvgIpc) is 2.70. The lowest BCUT2D eigenvalue weighted by atomic mass is 10.2. The number of nitrogens with zero attached hydrogens (tertiary/aromatic N) is 2. The molecule has 4 N–H and O–H groups in total. The third-order valence-electron chi connectivity index (χ3n) is 3.98. The van der Waals surface area contributed by atoms with E-state index < -0.39 is 0 Å². The molecule has 136 valence electrons. The van der Waals surface area contributed by atoms with Crippen LogP contribution in [0.4, 0.5) is 11.8 Å². The fourth-order valence-corrected chi connectivity index (χ4v) is 2.65. The van der Waals surface area contributed by atoms with Crippen molar-refractivity contribution in [2.24, 2.45) is 5.84 Å². The van der Waals surface area contributed by atoms with E-state index in [0.29, 0.717) is 35.3 Å². The molecule has 0 saturated carbocycles. The smallest absolute Gasteiger partial charge is 0.225 e. The van der Waals surface area contributed by atoms with Crippen molar-refractivity contribution >= 4 is 22.7 Å². The number of benzene rings is 2. The number of nitrogens with one attached hydrogen (secondary N) is 2. The van der Waals surface area contributed by atoms with Crippen molar-refractivity contribution in [3.05, 3.63) is 42.0 Å². The Morgan fingerprint density at radius 1 is 0.962 bits per heavy atom. The molecule has 1 heterocycles. The lowest BCUT2D eigenvalue weighted by Gasteiger charge is -2.13. The second-order valence-corrected chi connectivity index (χ2v) is 5.43. The first-order valence-electron chi connectivity index (χ1n) is 7.96. The number of rotatable bonds is 7. The van der Waals surface area contributed by atoms with Gasteiger partial charge in [0.25, 0.3) is 0 Å². The van der Waals surface area contributed by atoms with Crippen LogP contribution in [0.2, 0.25) is 0 Å². The van der Waals surface area contributed by atoms with Crippen molar-refractivity contribution in [2.75, 3.05) is 32.1 Å². The number of ether oxygens (including phenoxy) is 3. The number of nitrogens with two attached hydrogens (primary N) is 1. The Hall–Kier alpha value is -3.26. The maximum atomic E-state index is 5.62. The standard InChI is InChI=1S/C18H21N5O3/c1-24-12-8-7-11(15(9-12)26-3)10-20-18-21-16-13(17(22-18)23-19)5-4-6-14(16)25-2/h4-9H,10,19H2,1-3H3,(H2,20,21,22,23). The minimum atomic E-state index is 0.424. The van der Waals surface area contributed by atoms with Gasteiger partial charge in [0.2, 0.25) is 5.95 Å². The van der Waals surface area contributed by atoms with Crippen LogP contribution < -0.4 is 30.8 Å². The van der Waals surface area contributed by atoms with Crippen LogP contribution in [0.1, 0.15) is 5.56 Å². The zero-order valence-electron chi connectivity index (χ0n) is 14.9. The van der Waals surface area contributed by atoms with Gasteiger partial charge < -0.3 is 25.0 Å². The summed E-state index contributed by atoms with van der Waals surface area (Å²) in [5, 5.41) is 3.97. The second kappa shape index (κ2) is 7.75. The van der Waals surface area contributed by atoms with Gasteiger partial charge >= 0.3 is 0 Å². The summed E-state index contributed by atoms with van der Waals surface area (Å²) in [6.07, 6.45) is 0. The maximum Gasteiger partial charge on any atom is 0.225 e. The first-order valence-corrected chi connectivity index (χ1v) is 7.96. The Bertz CT molecular complexity index is 917. The highest BCUT2D eigenvalue weighted by molar-refractivity contribution is 5.93. The zero-order chi connectivity index (χ0) is 18.5. The molecule has 1 aromatic heterocycles. The molecule has 0 saturated heterocycles. The van der Waals surface area contributed by atoms with E-state index in [9.17, 15) is 0 Å². The Morgan fingerprint density at radius 3 is 2.46 bits per heavy atom. The third kappa shape index (κ3) is 3.40. The van der Waals surface area contributed by atoms with E-state index in [1.165, 1.54) is 0 Å². The van der Waals surface area contributed by atoms with Crippen molar-refractivity contribution in [1.29, 1.82) is 0 Å². The summed E-state index contributed by atoms with van der Waals surface area (Å²) in [6.45, 7) is 0.470. The van der Waals surface area contributed by atoms with Gasteiger partial charge in [-0.25, -0.2) is 10.8 Å². The van der Waals surface area contributed by atoms with E-state index in [1.54, 1.807) is 21.3 Å². The molecule has 0 aliphatic heterocycles. The van der Waals surface area contributed by atoms with E-state index >= 15 is 0 Å². The number of hydrogen-bond acceptors (Lipinski definition) is 8. The lowest BCUT2D eigenvalue weighted by molar-refractivity contribution is 0.391. The maximum absolute atomic E-state index is 5.62. The van der Waals surface area contributed by atoms with Gasteiger partial charge in [0.15, 0.2) is 5.82 Å². The molecule has 0 radical (unpaired) electrons. The summed E-state index contributed by atoms with van der Waals surface area (Å²) < 4.78 is 16.0. The number of anilines is 2. The molecule has 0 spiro atoms. The van der Waals surface area contributed by atoms with Crippen LogP contribution in [0.3, 0.4) is 0 Å². The Balaban J connectivity index is 1.92. The zero-order valence-corrected chi connectivity index (χ0v) is 14.9. The van der Waals surface area contributed by atoms with Crippen molar-refractivity contribution in [2.45, 2.75) is 6.54 Å². The van der Waals surface area contributed by atoms with Crippen LogP contribution in [0.25, 0.3) is 10.9 Å². The quantitative estimate of drug-likeness (QED) is 0.439. The molecule has 0 fully saturated rings. The number of nitrogen functional groups attached to an aromatic ring is 1. The van der Waals surface area contributed by atoms with Crippen LogP contribution in [-0.2, 0) is 6.54 Å². The highest BCUT2D eigenvalue weighted by Crippen LogP contribution is 2.29. The van der Waals surface area contributed by atoms with Gasteiger partial charge in [-0.15, -0.1) is 0 Å². The van der Waals surface area contributed by atoms with Crippen molar-refractivity contribution < 1.29 is 14.2 Å². The molecule has 0 bridgehead atoms. The van der Waals surface area contributed by atoms with Crippen molar-refractivity contribution in [3.63, 3.8) is 0 Å². The second-order valence-electron chi connectivity index (χ2n) is 5.43. The number of fused-ring (bicyclic) bond motifs is 1. The number of methoxy groups -OCH3 is 3. The number of aromatic nitrogens is 2. The lowest BCUT2D eigenvalue weighted by Crippen LogP contribution is -2.12. The molecule has 2 aromatic carbocycles. The molecule has 3 rings (SSSR count). The molecule has 0 atom stereocenters. The largest absolute Gasteiger partial charge is 0.497 e. The van der Waals surface area contributed by atoms with Gasteiger partial charge in [-0.05, 0) is 24.3 Å². The minimum absolute atomic E-state index is 0.424. The molecule has 0 aliphatic carbocycles. The molecule has 8 heteroatoms. The summed E-state index contributed by atoms with van der Waals surface area (Å²) >= 11 is 0. The van der Waals surface area contributed by atoms with E-state index in [-0.39, 0.29) is 0 Å². The molecule has 26 heavy (non-hydrogen) atoms. The third-order valence-corrected chi connectivity index (χ3v) is 3.98. The fourth-order valence-electron chi connectivity index (χ4n) is 2.65. The topological polar surface area (TPSA) is 104 Å². The predicted molar refractivity (Wildman–Crippen MR) is 101 cm³/mol. The molecule has 0 unspecified atom stereocenters. The van der Waals surface area contributed by atoms with E-state index in [1.807, 2.05) is 36.4 Å². The summed E-state index contributed by atoms with van der Waals surface area (Å²) in [4.78, 5) is 8.97. The number of hydrogen-bond donors (Lipinski definition) is 3. The van der Waals surface area contributed by atoms with E-state index in [0.717, 1.165) is 16.7 Å². The Kier molecular flexibility index (Phi) is 5.23. The first-order chi connectivity index (χ1) is 12.7. The van der Waals surface area contributed by atoms with Crippen molar-refractivity contribution in [3.8, 4) is 17.2 Å². The molecular weight excluding hydrogens is 334 g/mol. The fraction of sp³-hybridized carbons (Fsp3) is 0.222. The molecule has 0 amide bonds. The van der Waals surface area contributed by atoms with E-state index in [2.05, 4.69) is 20.7 Å². The SMILES string of the molecule is COc1ccc(CNc2nc(NN)c3cccc(OC)c3n2)c(OC)c1. The Morgan fingerprint density at radius 2 is 1.77 bits per heavy atom. The molecule has 3 aromatic rings. The van der Waals surface area contributed by atoms with Crippen molar-refractivity contribution in [1.82, 2.24) is 9.97 Å². The van der Waals surface area contributed by atoms with Gasteiger partial charge in [-0.1, -0.05) is 6.07 Å². The number of hydrazine groups is 1. The van der Waals surface area contributed by atoms with Gasteiger partial charge in [-0.3, -0.25) is 0 Å². The van der Waals surface area contributed by atoms with Gasteiger partial charge in [-0.2, -0.15) is 4.98 Å². The monoisotopic (exact) mass is 355 g/mol. The highest BCUT2D eigenvalue weighted by Gasteiger charge is 2.12.